The first-order valence-electron chi connectivity index (χ1n) is 1.52. The van der Waals surface area contributed by atoms with Crippen molar-refractivity contribution < 1.29 is 0 Å². The standard InChI is InChI=1S/C4H4.Sb/c1-3-4-2;/h1-4H;. The van der Waals surface area contributed by atoms with Crippen molar-refractivity contribution in [3.8, 4) is 0 Å². The van der Waals surface area contributed by atoms with Gasteiger partial charge in [-0.2, -0.15) is 0 Å². The Hall–Kier alpha value is 0.298. The van der Waals surface area contributed by atoms with Gasteiger partial charge in [0.2, 0.25) is 0 Å². The van der Waals surface area contributed by atoms with Gasteiger partial charge in [0.1, 0.15) is 0 Å². The van der Waals surface area contributed by atoms with Crippen molar-refractivity contribution in [1.82, 2.24) is 0 Å². The fourth-order valence-electron chi connectivity index (χ4n) is 0.248. The molecule has 0 atom stereocenters. The van der Waals surface area contributed by atoms with Crippen LogP contribution in [0.1, 0.15) is 0 Å². The molecule has 0 bridgehead atoms. The van der Waals surface area contributed by atoms with Gasteiger partial charge in [-0.15, -0.1) is 0 Å². The average Bonchev–Trinajstić information content (AvgIpc) is 1.76. The number of hydrogen-bond acceptors (Lipinski definition) is 0. The van der Waals surface area contributed by atoms with Crippen LogP contribution in [0.15, 0.2) is 20.2 Å². The van der Waals surface area contributed by atoms with Crippen molar-refractivity contribution in [2.24, 2.45) is 0 Å². The Morgan fingerprint density at radius 2 is 1.60 bits per heavy atom. The molecule has 0 unspecified atom stereocenters. The Morgan fingerprint density at radius 1 is 1.00 bits per heavy atom. The van der Waals surface area contributed by atoms with E-state index >= 15 is 0 Å². The zero-order valence-corrected chi connectivity index (χ0v) is 5.31. The van der Waals surface area contributed by atoms with E-state index in [0.717, 1.165) is 0 Å². The van der Waals surface area contributed by atoms with Crippen LogP contribution in [0.5, 0.6) is 0 Å². The third kappa shape index (κ3) is 0.809. The van der Waals surface area contributed by atoms with E-state index in [9.17, 15) is 0 Å². The minimum absolute atomic E-state index is 0.106. The molecule has 0 spiro atoms. The second-order valence-electron chi connectivity index (χ2n) is 0.832. The topological polar surface area (TPSA) is 0 Å². The zero-order chi connectivity index (χ0) is 3.54. The maximum absolute atomic E-state index is 2.28. The Kier molecular flexibility index (Phi) is 1.16. The molecule has 1 heteroatoms. The van der Waals surface area contributed by atoms with Crippen LogP contribution < -0.4 is 0 Å². The van der Waals surface area contributed by atoms with E-state index in [1.807, 2.05) is 0 Å². The summed E-state index contributed by atoms with van der Waals surface area (Å²) in [5, 5.41) is 0. The predicted octanol–water partition coefficient (Wildman–Crippen LogP) is 0.732. The fourth-order valence-corrected chi connectivity index (χ4v) is 1.67. The zero-order valence-electron chi connectivity index (χ0n) is 2.76. The first kappa shape index (κ1) is 3.49. The summed E-state index contributed by atoms with van der Waals surface area (Å²) in [7, 11) is 0. The van der Waals surface area contributed by atoms with Crippen LogP contribution in [0.25, 0.3) is 0 Å². The van der Waals surface area contributed by atoms with Gasteiger partial charge < -0.3 is 0 Å². The Balaban J connectivity index is 2.61. The molecule has 0 saturated carbocycles. The molecule has 0 amide bonds. The van der Waals surface area contributed by atoms with Gasteiger partial charge in [-0.05, 0) is 0 Å². The quantitative estimate of drug-likeness (QED) is 0.474. The summed E-state index contributed by atoms with van der Waals surface area (Å²) in [6, 6.07) is 0. The van der Waals surface area contributed by atoms with Crippen LogP contribution in [0.3, 0.4) is 0 Å². The minimum atomic E-state index is 0.106. The molecule has 0 aromatic carbocycles. The summed E-state index contributed by atoms with van der Waals surface area (Å²) in [4.78, 5) is 0. The molecule has 0 aromatic heterocycles. The molecule has 1 radical (unpaired) electrons. The van der Waals surface area contributed by atoms with Gasteiger partial charge in [-0.1, -0.05) is 0 Å². The van der Waals surface area contributed by atoms with E-state index in [2.05, 4.69) is 20.2 Å². The van der Waals surface area contributed by atoms with Crippen LogP contribution >= 0.6 is 0 Å². The Bertz CT molecular complexity index is 61.7. The Labute approximate surface area is 42.1 Å². The van der Waals surface area contributed by atoms with Crippen molar-refractivity contribution >= 4 is 21.6 Å². The third-order valence-corrected chi connectivity index (χ3v) is 2.42. The van der Waals surface area contributed by atoms with Crippen LogP contribution in [0.4, 0.5) is 0 Å². The van der Waals surface area contributed by atoms with Gasteiger partial charge in [0.05, 0.1) is 0 Å². The SMILES string of the molecule is C1=[CH][Sb][CH]=C1. The van der Waals surface area contributed by atoms with E-state index in [-0.39, 0.29) is 21.6 Å². The number of hydrogen-bond donors (Lipinski definition) is 0. The molecule has 0 aromatic rings. The first-order chi connectivity index (χ1) is 2.50. The van der Waals surface area contributed by atoms with Crippen molar-refractivity contribution in [2.75, 3.05) is 0 Å². The second kappa shape index (κ2) is 1.67. The molecule has 25 valence electrons. The molecular weight excluding hydrogens is 170 g/mol. The third-order valence-electron chi connectivity index (χ3n) is 0.455. The summed E-state index contributed by atoms with van der Waals surface area (Å²) < 4.78 is 4.55. The molecule has 0 fully saturated rings. The molecule has 1 rings (SSSR count). The molecular formula is C4H4Sb. The van der Waals surface area contributed by atoms with Gasteiger partial charge in [0, 0.05) is 0 Å². The molecule has 1 aliphatic heterocycles. The second-order valence-corrected chi connectivity index (χ2v) is 3.38. The predicted molar refractivity (Wildman–Crippen MR) is 24.0 cm³/mol. The summed E-state index contributed by atoms with van der Waals surface area (Å²) in [5.41, 5.74) is 0. The number of rotatable bonds is 0. The van der Waals surface area contributed by atoms with Crippen LogP contribution in [0, 0.1) is 0 Å². The van der Waals surface area contributed by atoms with Gasteiger partial charge >= 0.3 is 41.8 Å². The van der Waals surface area contributed by atoms with Crippen molar-refractivity contribution in [3.63, 3.8) is 0 Å². The van der Waals surface area contributed by atoms with Gasteiger partial charge in [0.25, 0.3) is 0 Å². The molecule has 0 aliphatic carbocycles. The van der Waals surface area contributed by atoms with Gasteiger partial charge in [-0.3, -0.25) is 0 Å². The summed E-state index contributed by atoms with van der Waals surface area (Å²) in [6.07, 6.45) is 4.24. The normalized spacial score (nSPS) is 17.6. The van der Waals surface area contributed by atoms with E-state index in [4.69, 9.17) is 0 Å². The fraction of sp³-hybridized carbons (Fsp3) is 0. The number of allylic oxidation sites excluding steroid dienone is 2. The van der Waals surface area contributed by atoms with Crippen LogP contribution in [0.2, 0.25) is 0 Å². The van der Waals surface area contributed by atoms with Gasteiger partial charge in [-0.25, -0.2) is 0 Å². The molecule has 5 heavy (non-hydrogen) atoms. The van der Waals surface area contributed by atoms with Crippen molar-refractivity contribution in [1.29, 1.82) is 0 Å². The maximum atomic E-state index is 2.28. The first-order valence-corrected chi connectivity index (χ1v) is 4.46. The summed E-state index contributed by atoms with van der Waals surface area (Å²) >= 11 is 0.106. The van der Waals surface area contributed by atoms with Crippen molar-refractivity contribution in [2.45, 2.75) is 0 Å². The molecule has 1 heterocycles. The monoisotopic (exact) mass is 173 g/mol. The van der Waals surface area contributed by atoms with E-state index in [1.54, 1.807) is 0 Å². The van der Waals surface area contributed by atoms with Crippen LogP contribution in [-0.4, -0.2) is 21.6 Å². The Morgan fingerprint density at radius 3 is 1.80 bits per heavy atom. The van der Waals surface area contributed by atoms with Crippen LogP contribution in [-0.2, 0) is 0 Å². The molecule has 0 nitrogen and oxygen atoms in total. The molecule has 0 saturated heterocycles. The molecule has 0 N–H and O–H groups in total. The summed E-state index contributed by atoms with van der Waals surface area (Å²) in [5.74, 6) is 0. The van der Waals surface area contributed by atoms with E-state index < -0.39 is 0 Å². The van der Waals surface area contributed by atoms with E-state index in [0.29, 0.717) is 0 Å². The van der Waals surface area contributed by atoms with Gasteiger partial charge in [0.15, 0.2) is 0 Å². The summed E-state index contributed by atoms with van der Waals surface area (Å²) in [6.45, 7) is 0. The molecule has 1 aliphatic rings. The average molecular weight is 174 g/mol. The van der Waals surface area contributed by atoms with Crippen molar-refractivity contribution in [3.05, 3.63) is 20.2 Å². The van der Waals surface area contributed by atoms with E-state index in [1.165, 1.54) is 0 Å².